The van der Waals surface area contributed by atoms with Gasteiger partial charge in [-0.05, 0) is 54.8 Å². The van der Waals surface area contributed by atoms with Crippen LogP contribution in [-0.2, 0) is 12.8 Å². The quantitative estimate of drug-likeness (QED) is 0.351. The van der Waals surface area contributed by atoms with E-state index in [1.54, 1.807) is 28.9 Å². The average Bonchev–Trinajstić information content (AvgIpc) is 3.57. The van der Waals surface area contributed by atoms with Crippen molar-refractivity contribution in [1.29, 1.82) is 0 Å². The van der Waals surface area contributed by atoms with Gasteiger partial charge >= 0.3 is 0 Å². The molecule has 5 aromatic rings. The molecular formula is C24H19N5OS2. The highest BCUT2D eigenvalue weighted by Crippen LogP contribution is 2.33. The molecule has 0 saturated carbocycles. The van der Waals surface area contributed by atoms with E-state index < -0.39 is 0 Å². The summed E-state index contributed by atoms with van der Waals surface area (Å²) in [6.45, 7) is 0. The molecule has 1 aromatic carbocycles. The largest absolute Gasteiger partial charge is 0.282 e. The molecule has 0 N–H and O–H groups in total. The van der Waals surface area contributed by atoms with Crippen LogP contribution in [0.2, 0.25) is 0 Å². The van der Waals surface area contributed by atoms with Crippen molar-refractivity contribution < 1.29 is 0 Å². The average molecular weight is 458 g/mol. The molecule has 32 heavy (non-hydrogen) atoms. The molecule has 0 fully saturated rings. The fourth-order valence-electron chi connectivity index (χ4n) is 4.14. The first-order chi connectivity index (χ1) is 15.8. The van der Waals surface area contributed by atoms with E-state index in [-0.39, 0.29) is 5.56 Å². The lowest BCUT2D eigenvalue weighted by molar-refractivity contribution is 0.699. The van der Waals surface area contributed by atoms with E-state index in [9.17, 15) is 4.79 Å². The number of thiophene rings is 2. The zero-order valence-electron chi connectivity index (χ0n) is 17.1. The first kappa shape index (κ1) is 19.3. The van der Waals surface area contributed by atoms with Gasteiger partial charge in [-0.2, -0.15) is 14.9 Å². The van der Waals surface area contributed by atoms with Crippen molar-refractivity contribution >= 4 is 39.1 Å². The highest BCUT2D eigenvalue weighted by Gasteiger charge is 2.20. The molecule has 1 aliphatic carbocycles. The van der Waals surface area contributed by atoms with Gasteiger partial charge in [0, 0.05) is 16.6 Å². The van der Waals surface area contributed by atoms with Crippen LogP contribution in [0, 0.1) is 0 Å². The summed E-state index contributed by atoms with van der Waals surface area (Å²) in [5.41, 5.74) is 3.72. The van der Waals surface area contributed by atoms with E-state index in [1.165, 1.54) is 27.9 Å². The third-order valence-corrected chi connectivity index (χ3v) is 7.77. The van der Waals surface area contributed by atoms with Gasteiger partial charge in [0.2, 0.25) is 0 Å². The maximum Gasteiger partial charge on any atom is 0.282 e. The molecule has 4 aromatic heterocycles. The molecule has 0 unspecified atom stereocenters. The molecule has 8 heteroatoms. The lowest BCUT2D eigenvalue weighted by Gasteiger charge is -2.09. The lowest BCUT2D eigenvalue weighted by atomic mass is 9.97. The van der Waals surface area contributed by atoms with E-state index in [1.807, 2.05) is 58.7 Å². The van der Waals surface area contributed by atoms with Gasteiger partial charge in [0.15, 0.2) is 0 Å². The number of para-hydroxylation sites is 1. The van der Waals surface area contributed by atoms with Crippen molar-refractivity contribution in [2.24, 2.45) is 5.10 Å². The molecule has 0 saturated heterocycles. The molecular weight excluding hydrogens is 438 g/mol. The fourth-order valence-corrected chi connectivity index (χ4v) is 6.09. The van der Waals surface area contributed by atoms with Crippen LogP contribution in [0.25, 0.3) is 26.5 Å². The molecule has 0 radical (unpaired) electrons. The third-order valence-electron chi connectivity index (χ3n) is 5.70. The molecule has 0 spiro atoms. The van der Waals surface area contributed by atoms with Gasteiger partial charge < -0.3 is 0 Å². The maximum absolute atomic E-state index is 13.2. The van der Waals surface area contributed by atoms with Crippen LogP contribution in [0.3, 0.4) is 0 Å². The minimum Gasteiger partial charge on any atom is -0.267 e. The molecule has 4 heterocycles. The van der Waals surface area contributed by atoms with Gasteiger partial charge in [-0.25, -0.2) is 9.67 Å². The Labute approximate surface area is 192 Å². The minimum atomic E-state index is -0.0984. The van der Waals surface area contributed by atoms with Crippen LogP contribution >= 0.6 is 22.7 Å². The normalized spacial score (nSPS) is 13.8. The van der Waals surface area contributed by atoms with Gasteiger partial charge in [-0.1, -0.05) is 24.3 Å². The van der Waals surface area contributed by atoms with Gasteiger partial charge in [0.25, 0.3) is 5.56 Å². The third kappa shape index (κ3) is 3.32. The molecule has 158 valence electrons. The Morgan fingerprint density at radius 3 is 2.78 bits per heavy atom. The minimum absolute atomic E-state index is 0.0984. The summed E-state index contributed by atoms with van der Waals surface area (Å²) in [5, 5.41) is 12.1. The second kappa shape index (κ2) is 7.96. The molecule has 0 amide bonds. The topological polar surface area (TPSA) is 65.1 Å². The Bertz CT molecular complexity index is 1490. The monoisotopic (exact) mass is 457 g/mol. The van der Waals surface area contributed by atoms with Gasteiger partial charge in [-0.3, -0.25) is 4.79 Å². The summed E-state index contributed by atoms with van der Waals surface area (Å²) in [5.74, 6) is 0. The van der Waals surface area contributed by atoms with Gasteiger partial charge in [-0.15, -0.1) is 22.7 Å². The Morgan fingerprint density at radius 1 is 1.06 bits per heavy atom. The van der Waals surface area contributed by atoms with E-state index in [2.05, 4.69) is 10.1 Å². The number of rotatable bonds is 4. The molecule has 0 atom stereocenters. The zero-order chi connectivity index (χ0) is 21.5. The zero-order valence-corrected chi connectivity index (χ0v) is 18.8. The van der Waals surface area contributed by atoms with E-state index >= 15 is 0 Å². The van der Waals surface area contributed by atoms with Crippen molar-refractivity contribution in [2.45, 2.75) is 25.7 Å². The summed E-state index contributed by atoms with van der Waals surface area (Å²) < 4.78 is 3.19. The number of nitrogens with zero attached hydrogens (tertiary/aromatic N) is 5. The van der Waals surface area contributed by atoms with Crippen LogP contribution in [0.15, 0.2) is 70.3 Å². The maximum atomic E-state index is 13.2. The number of benzene rings is 1. The summed E-state index contributed by atoms with van der Waals surface area (Å²) in [7, 11) is 0. The predicted octanol–water partition coefficient (Wildman–Crippen LogP) is 5.13. The number of hydrogen-bond acceptors (Lipinski definition) is 6. The predicted molar refractivity (Wildman–Crippen MR) is 130 cm³/mol. The number of fused-ring (bicyclic) bond motifs is 3. The van der Waals surface area contributed by atoms with Crippen molar-refractivity contribution in [2.75, 3.05) is 0 Å². The van der Waals surface area contributed by atoms with Crippen molar-refractivity contribution in [1.82, 2.24) is 19.4 Å². The van der Waals surface area contributed by atoms with Crippen molar-refractivity contribution in [3.8, 4) is 16.3 Å². The molecule has 6 rings (SSSR count). The first-order valence-electron chi connectivity index (χ1n) is 10.5. The smallest absolute Gasteiger partial charge is 0.267 e. The summed E-state index contributed by atoms with van der Waals surface area (Å²) in [6, 6.07) is 14.0. The van der Waals surface area contributed by atoms with E-state index in [4.69, 9.17) is 5.10 Å². The number of hydrogen-bond donors (Lipinski definition) is 0. The van der Waals surface area contributed by atoms with Crippen LogP contribution in [0.5, 0.6) is 0 Å². The standard InChI is InChI=1S/C24H19N5OS2/c30-24-21-18-9-4-5-10-19(18)32-23(21)25-15-29(24)26-13-16-14-28(17-7-2-1-3-8-17)27-22(16)20-11-6-12-31-20/h1-3,6-8,11-15H,4-5,9-10H2/b26-13+. The Kier molecular flexibility index (Phi) is 4.81. The summed E-state index contributed by atoms with van der Waals surface area (Å²) in [6.07, 6.45) is 9.47. The Hall–Kier alpha value is -3.36. The van der Waals surface area contributed by atoms with Crippen LogP contribution in [0.4, 0.5) is 0 Å². The van der Waals surface area contributed by atoms with Crippen molar-refractivity contribution in [3.05, 3.63) is 86.7 Å². The van der Waals surface area contributed by atoms with Gasteiger partial charge in [0.1, 0.15) is 16.9 Å². The van der Waals surface area contributed by atoms with Gasteiger partial charge in [0.05, 0.1) is 22.2 Å². The fraction of sp³-hybridized carbons (Fsp3) is 0.167. The van der Waals surface area contributed by atoms with E-state index in [0.717, 1.165) is 51.3 Å². The molecule has 0 aliphatic heterocycles. The summed E-state index contributed by atoms with van der Waals surface area (Å²) in [4.78, 5) is 20.9. The first-order valence-corrected chi connectivity index (χ1v) is 12.2. The lowest BCUT2D eigenvalue weighted by Crippen LogP contribution is -2.18. The van der Waals surface area contributed by atoms with E-state index in [0.29, 0.717) is 0 Å². The molecule has 1 aliphatic rings. The Morgan fingerprint density at radius 2 is 1.94 bits per heavy atom. The van der Waals surface area contributed by atoms with Crippen LogP contribution in [-0.4, -0.2) is 25.7 Å². The van der Waals surface area contributed by atoms with Crippen LogP contribution in [0.1, 0.15) is 28.8 Å². The highest BCUT2D eigenvalue weighted by molar-refractivity contribution is 7.18. The number of aryl methyl sites for hydroxylation is 2. The second-order valence-corrected chi connectivity index (χ2v) is 9.75. The second-order valence-electron chi connectivity index (χ2n) is 7.72. The summed E-state index contributed by atoms with van der Waals surface area (Å²) >= 11 is 3.28. The molecule has 6 nitrogen and oxygen atoms in total. The Balaban J connectivity index is 1.44. The number of aromatic nitrogens is 4. The van der Waals surface area contributed by atoms with Crippen LogP contribution < -0.4 is 5.56 Å². The van der Waals surface area contributed by atoms with Crippen molar-refractivity contribution in [3.63, 3.8) is 0 Å². The highest BCUT2D eigenvalue weighted by atomic mass is 32.1. The molecule has 0 bridgehead atoms. The SMILES string of the molecule is O=c1c2c3c(sc2ncn1/N=C/c1cn(-c2ccccc2)nc1-c1cccs1)CCCC3.